The first-order chi connectivity index (χ1) is 11.8. The number of hydrogen-bond acceptors (Lipinski definition) is 6. The highest BCUT2D eigenvalue weighted by Crippen LogP contribution is 2.26. The van der Waals surface area contributed by atoms with Gasteiger partial charge in [-0.3, -0.25) is 14.9 Å². The summed E-state index contributed by atoms with van der Waals surface area (Å²) in [6.45, 7) is -0.0339. The second kappa shape index (κ2) is 7.89. The predicted molar refractivity (Wildman–Crippen MR) is 91.3 cm³/mol. The van der Waals surface area contributed by atoms with Crippen molar-refractivity contribution in [1.29, 1.82) is 0 Å². The highest BCUT2D eigenvalue weighted by Gasteiger charge is 2.35. The number of nitrogens with zero attached hydrogens (tertiary/aromatic N) is 1. The van der Waals surface area contributed by atoms with Gasteiger partial charge in [0.2, 0.25) is 15.9 Å². The van der Waals surface area contributed by atoms with Gasteiger partial charge in [-0.25, -0.2) is 13.1 Å². The van der Waals surface area contributed by atoms with Crippen molar-refractivity contribution < 1.29 is 18.1 Å². The maximum Gasteiger partial charge on any atom is 0.289 e. The fourth-order valence-electron chi connectivity index (χ4n) is 2.86. The molecule has 1 aliphatic rings. The lowest BCUT2D eigenvalue weighted by Gasteiger charge is -2.31. The van der Waals surface area contributed by atoms with Crippen LogP contribution in [0, 0.1) is 10.1 Å². The molecule has 25 heavy (non-hydrogen) atoms. The molecular weight excluding hydrogens is 348 g/mol. The Bertz CT molecular complexity index is 744. The SMILES string of the molecule is NC1(C(=O)NCCNS(=O)(=O)c2ccccc2[N+](=O)[O-])CCCCC1. The Morgan fingerprint density at radius 2 is 1.84 bits per heavy atom. The lowest BCUT2D eigenvalue weighted by atomic mass is 9.82. The Morgan fingerprint density at radius 1 is 1.20 bits per heavy atom. The van der Waals surface area contributed by atoms with E-state index in [2.05, 4.69) is 10.0 Å². The van der Waals surface area contributed by atoms with E-state index < -0.39 is 31.1 Å². The van der Waals surface area contributed by atoms with E-state index in [-0.39, 0.29) is 19.0 Å². The molecule has 0 aromatic heterocycles. The molecule has 10 heteroatoms. The quantitative estimate of drug-likeness (QED) is 0.365. The van der Waals surface area contributed by atoms with Gasteiger partial charge in [0, 0.05) is 19.2 Å². The fraction of sp³-hybridized carbons (Fsp3) is 0.533. The number of amides is 1. The van der Waals surface area contributed by atoms with Crippen LogP contribution in [0.3, 0.4) is 0 Å². The molecule has 1 aromatic rings. The van der Waals surface area contributed by atoms with Crippen LogP contribution in [0.4, 0.5) is 5.69 Å². The summed E-state index contributed by atoms with van der Waals surface area (Å²) in [5.41, 5.74) is 4.70. The Morgan fingerprint density at radius 3 is 2.48 bits per heavy atom. The maximum atomic E-state index is 12.2. The number of nitro benzene ring substituents is 1. The third-order valence-corrected chi connectivity index (χ3v) is 5.76. The van der Waals surface area contributed by atoms with Crippen LogP contribution in [0.25, 0.3) is 0 Å². The lowest BCUT2D eigenvalue weighted by Crippen LogP contribution is -2.55. The Labute approximate surface area is 146 Å². The van der Waals surface area contributed by atoms with Gasteiger partial charge >= 0.3 is 0 Å². The second-order valence-electron chi connectivity index (χ2n) is 6.10. The van der Waals surface area contributed by atoms with Gasteiger partial charge in [0.05, 0.1) is 10.5 Å². The Kier molecular flexibility index (Phi) is 6.09. The molecule has 0 saturated heterocycles. The number of para-hydroxylation sites is 1. The molecule has 9 nitrogen and oxygen atoms in total. The molecule has 0 unspecified atom stereocenters. The summed E-state index contributed by atoms with van der Waals surface area (Å²) in [6.07, 6.45) is 4.08. The molecule has 0 aliphatic heterocycles. The molecule has 1 saturated carbocycles. The van der Waals surface area contributed by atoms with E-state index in [1.54, 1.807) is 0 Å². The van der Waals surface area contributed by atoms with Crippen molar-refractivity contribution in [3.05, 3.63) is 34.4 Å². The number of sulfonamides is 1. The van der Waals surface area contributed by atoms with E-state index in [0.29, 0.717) is 12.8 Å². The van der Waals surface area contributed by atoms with E-state index in [0.717, 1.165) is 31.4 Å². The van der Waals surface area contributed by atoms with Crippen molar-refractivity contribution in [3.63, 3.8) is 0 Å². The summed E-state index contributed by atoms with van der Waals surface area (Å²) in [6, 6.07) is 5.08. The van der Waals surface area contributed by atoms with Crippen molar-refractivity contribution in [2.24, 2.45) is 5.73 Å². The van der Waals surface area contributed by atoms with Gasteiger partial charge in [-0.05, 0) is 18.9 Å². The average Bonchev–Trinajstić information content (AvgIpc) is 2.59. The van der Waals surface area contributed by atoms with Crippen LogP contribution in [0.15, 0.2) is 29.2 Å². The zero-order valence-corrected chi connectivity index (χ0v) is 14.5. The molecule has 138 valence electrons. The summed E-state index contributed by atoms with van der Waals surface area (Å²) < 4.78 is 26.7. The van der Waals surface area contributed by atoms with Gasteiger partial charge in [-0.15, -0.1) is 0 Å². The molecule has 4 N–H and O–H groups in total. The predicted octanol–water partition coefficient (Wildman–Crippen LogP) is 0.651. The largest absolute Gasteiger partial charge is 0.353 e. The van der Waals surface area contributed by atoms with Crippen LogP contribution < -0.4 is 15.8 Å². The Hall–Kier alpha value is -2.04. The zero-order valence-electron chi connectivity index (χ0n) is 13.7. The first-order valence-electron chi connectivity index (χ1n) is 8.06. The maximum absolute atomic E-state index is 12.2. The van der Waals surface area contributed by atoms with Gasteiger partial charge in [-0.2, -0.15) is 0 Å². The average molecular weight is 370 g/mol. The highest BCUT2D eigenvalue weighted by atomic mass is 32.2. The molecule has 2 rings (SSSR count). The molecule has 1 amide bonds. The number of hydrogen-bond donors (Lipinski definition) is 3. The summed E-state index contributed by atoms with van der Waals surface area (Å²) in [7, 11) is -4.05. The van der Waals surface area contributed by atoms with Crippen LogP contribution in [0.1, 0.15) is 32.1 Å². The molecule has 0 atom stereocenters. The first-order valence-corrected chi connectivity index (χ1v) is 9.55. The van der Waals surface area contributed by atoms with Crippen LogP contribution in [-0.2, 0) is 14.8 Å². The molecule has 0 radical (unpaired) electrons. The molecule has 0 heterocycles. The third-order valence-electron chi connectivity index (χ3n) is 4.25. The van der Waals surface area contributed by atoms with E-state index in [1.165, 1.54) is 12.1 Å². The minimum atomic E-state index is -4.05. The van der Waals surface area contributed by atoms with Crippen LogP contribution in [0.2, 0.25) is 0 Å². The molecule has 1 aromatic carbocycles. The smallest absolute Gasteiger partial charge is 0.289 e. The standard InChI is InChI=1S/C15H22N4O5S/c16-15(8-4-1-5-9-15)14(20)17-10-11-18-25(23,24)13-7-3-2-6-12(13)19(21)22/h2-3,6-7,18H,1,4-5,8-11,16H2,(H,17,20). The normalized spacial score (nSPS) is 17.0. The topological polar surface area (TPSA) is 144 Å². The van der Waals surface area contributed by atoms with Gasteiger partial charge in [0.25, 0.3) is 5.69 Å². The zero-order chi connectivity index (χ0) is 18.5. The van der Waals surface area contributed by atoms with Gasteiger partial charge in [0.1, 0.15) is 0 Å². The number of carbonyl (C=O) groups excluding carboxylic acids is 1. The number of nitro groups is 1. The minimum absolute atomic E-state index is 0.0532. The molecule has 1 fully saturated rings. The highest BCUT2D eigenvalue weighted by molar-refractivity contribution is 7.89. The van der Waals surface area contributed by atoms with Crippen LogP contribution >= 0.6 is 0 Å². The van der Waals surface area contributed by atoms with Crippen molar-refractivity contribution >= 4 is 21.6 Å². The summed E-state index contributed by atoms with van der Waals surface area (Å²) in [5, 5.41) is 13.6. The van der Waals surface area contributed by atoms with Crippen LogP contribution in [0.5, 0.6) is 0 Å². The first kappa shape index (κ1) is 19.3. The number of nitrogens with one attached hydrogen (secondary N) is 2. The monoisotopic (exact) mass is 370 g/mol. The lowest BCUT2D eigenvalue weighted by molar-refractivity contribution is -0.387. The molecule has 0 spiro atoms. The van der Waals surface area contributed by atoms with Gasteiger partial charge in [0.15, 0.2) is 4.90 Å². The minimum Gasteiger partial charge on any atom is -0.353 e. The van der Waals surface area contributed by atoms with Gasteiger partial charge < -0.3 is 11.1 Å². The third kappa shape index (κ3) is 4.74. The summed E-state index contributed by atoms with van der Waals surface area (Å²) in [5.74, 6) is -0.294. The number of rotatable bonds is 7. The van der Waals surface area contributed by atoms with E-state index in [1.807, 2.05) is 0 Å². The number of benzene rings is 1. The van der Waals surface area contributed by atoms with Gasteiger partial charge in [-0.1, -0.05) is 31.4 Å². The second-order valence-corrected chi connectivity index (χ2v) is 7.83. The fourth-order valence-corrected chi connectivity index (χ4v) is 4.06. The van der Waals surface area contributed by atoms with Crippen LogP contribution in [-0.4, -0.2) is 37.9 Å². The van der Waals surface area contributed by atoms with Crippen molar-refractivity contribution in [3.8, 4) is 0 Å². The van der Waals surface area contributed by atoms with E-state index >= 15 is 0 Å². The van der Waals surface area contributed by atoms with E-state index in [9.17, 15) is 23.3 Å². The summed E-state index contributed by atoms with van der Waals surface area (Å²) in [4.78, 5) is 21.9. The Balaban J connectivity index is 1.91. The summed E-state index contributed by atoms with van der Waals surface area (Å²) >= 11 is 0. The van der Waals surface area contributed by atoms with Crippen molar-refractivity contribution in [1.82, 2.24) is 10.0 Å². The van der Waals surface area contributed by atoms with Crippen molar-refractivity contribution in [2.45, 2.75) is 42.5 Å². The molecular formula is C15H22N4O5S. The molecule has 1 aliphatic carbocycles. The van der Waals surface area contributed by atoms with Crippen molar-refractivity contribution in [2.75, 3.05) is 13.1 Å². The number of nitrogens with two attached hydrogens (primary N) is 1. The van der Waals surface area contributed by atoms with E-state index in [4.69, 9.17) is 5.73 Å². The molecule has 0 bridgehead atoms. The number of carbonyl (C=O) groups is 1.